The summed E-state index contributed by atoms with van der Waals surface area (Å²) in [5, 5.41) is 5.09. The molecule has 0 fully saturated rings. The largest absolute Gasteiger partial charge is 0.487 e. The molecule has 0 aliphatic carbocycles. The number of rotatable bonds is 6. The Balaban J connectivity index is 2.19. The Labute approximate surface area is 130 Å². The van der Waals surface area contributed by atoms with Crippen molar-refractivity contribution in [3.63, 3.8) is 0 Å². The lowest BCUT2D eigenvalue weighted by atomic mass is 10.0. The lowest BCUT2D eigenvalue weighted by Gasteiger charge is -2.15. The fourth-order valence-corrected chi connectivity index (χ4v) is 2.61. The molecule has 0 aliphatic heterocycles. The predicted octanol–water partition coefficient (Wildman–Crippen LogP) is 3.62. The molecule has 114 valence electrons. The Morgan fingerprint density at radius 2 is 2.05 bits per heavy atom. The van der Waals surface area contributed by atoms with Gasteiger partial charge < -0.3 is 10.5 Å². The maximum atomic E-state index is 6.34. The normalized spacial score (nSPS) is 12.4. The fraction of sp³-hybridized carbons (Fsp3) is 0.438. The predicted molar refractivity (Wildman–Crippen MR) is 85.6 cm³/mol. The van der Waals surface area contributed by atoms with Crippen LogP contribution in [-0.2, 0) is 20.1 Å². The molecular weight excluding hydrogens is 286 g/mol. The molecule has 1 aromatic heterocycles. The van der Waals surface area contributed by atoms with E-state index >= 15 is 0 Å². The summed E-state index contributed by atoms with van der Waals surface area (Å²) in [5.41, 5.74) is 8.93. The van der Waals surface area contributed by atoms with Gasteiger partial charge in [0.1, 0.15) is 12.4 Å². The van der Waals surface area contributed by atoms with E-state index in [4.69, 9.17) is 22.1 Å². The van der Waals surface area contributed by atoms with Crippen molar-refractivity contribution in [1.29, 1.82) is 0 Å². The Kier molecular flexibility index (Phi) is 5.26. The Morgan fingerprint density at radius 3 is 2.67 bits per heavy atom. The van der Waals surface area contributed by atoms with Gasteiger partial charge in [-0.15, -0.1) is 0 Å². The Hall–Kier alpha value is -1.52. The number of nitrogens with zero attached hydrogens (tertiary/aromatic N) is 2. The second-order valence-electron chi connectivity index (χ2n) is 5.03. The average molecular weight is 308 g/mol. The minimum Gasteiger partial charge on any atom is -0.487 e. The Bertz CT molecular complexity index is 610. The number of halogens is 1. The van der Waals surface area contributed by atoms with E-state index in [-0.39, 0.29) is 6.04 Å². The van der Waals surface area contributed by atoms with Crippen molar-refractivity contribution in [1.82, 2.24) is 9.78 Å². The summed E-state index contributed by atoms with van der Waals surface area (Å²) in [6, 6.07) is 7.85. The van der Waals surface area contributed by atoms with Crippen molar-refractivity contribution in [3.05, 3.63) is 46.2 Å². The zero-order valence-electron chi connectivity index (χ0n) is 12.8. The third-order valence-corrected chi connectivity index (χ3v) is 4.06. The Morgan fingerprint density at radius 1 is 1.33 bits per heavy atom. The van der Waals surface area contributed by atoms with Crippen LogP contribution in [0.4, 0.5) is 0 Å². The smallest absolute Gasteiger partial charge is 0.131 e. The van der Waals surface area contributed by atoms with Gasteiger partial charge in [0.15, 0.2) is 0 Å². The SMILES string of the molecule is CCc1nn(C)c(COc2ccccc2C(N)CC)c1Cl. The molecule has 0 spiro atoms. The molecule has 1 atom stereocenters. The van der Waals surface area contributed by atoms with Crippen LogP contribution in [0, 0.1) is 0 Å². The van der Waals surface area contributed by atoms with E-state index in [2.05, 4.69) is 12.0 Å². The quantitative estimate of drug-likeness (QED) is 0.886. The number of aromatic nitrogens is 2. The minimum absolute atomic E-state index is 0.0191. The number of para-hydroxylation sites is 1. The third-order valence-electron chi connectivity index (χ3n) is 3.63. The highest BCUT2D eigenvalue weighted by atomic mass is 35.5. The summed E-state index contributed by atoms with van der Waals surface area (Å²) in [4.78, 5) is 0. The first-order valence-electron chi connectivity index (χ1n) is 7.26. The second-order valence-corrected chi connectivity index (χ2v) is 5.40. The van der Waals surface area contributed by atoms with Gasteiger partial charge >= 0.3 is 0 Å². The van der Waals surface area contributed by atoms with Crippen molar-refractivity contribution >= 4 is 11.6 Å². The van der Waals surface area contributed by atoms with Gasteiger partial charge in [-0.05, 0) is 18.9 Å². The molecule has 5 heteroatoms. The molecular formula is C16H22ClN3O. The standard InChI is InChI=1S/C16H22ClN3O/c1-4-12(18)11-8-6-7-9-15(11)21-10-14-16(17)13(5-2)19-20(14)3/h6-9,12H,4-5,10,18H2,1-3H3. The highest BCUT2D eigenvalue weighted by Gasteiger charge is 2.15. The number of ether oxygens (including phenoxy) is 1. The van der Waals surface area contributed by atoms with Gasteiger partial charge in [-0.2, -0.15) is 5.10 Å². The lowest BCUT2D eigenvalue weighted by molar-refractivity contribution is 0.290. The molecule has 2 N–H and O–H groups in total. The first kappa shape index (κ1) is 15.9. The summed E-state index contributed by atoms with van der Waals surface area (Å²) >= 11 is 6.34. The van der Waals surface area contributed by atoms with Crippen LogP contribution in [0.3, 0.4) is 0 Å². The molecule has 2 rings (SSSR count). The van der Waals surface area contributed by atoms with Crippen molar-refractivity contribution in [3.8, 4) is 5.75 Å². The summed E-state index contributed by atoms with van der Waals surface area (Å²) < 4.78 is 7.72. The summed E-state index contributed by atoms with van der Waals surface area (Å²) in [5.74, 6) is 0.808. The molecule has 1 heterocycles. The molecule has 0 aliphatic rings. The molecule has 0 radical (unpaired) electrons. The number of hydrogen-bond donors (Lipinski definition) is 1. The van der Waals surface area contributed by atoms with Gasteiger partial charge in [-0.25, -0.2) is 0 Å². The number of aryl methyl sites for hydroxylation is 2. The van der Waals surface area contributed by atoms with E-state index in [1.807, 2.05) is 38.2 Å². The maximum Gasteiger partial charge on any atom is 0.131 e. The van der Waals surface area contributed by atoms with Gasteiger partial charge in [-0.1, -0.05) is 43.6 Å². The first-order chi connectivity index (χ1) is 10.1. The van der Waals surface area contributed by atoms with Gasteiger partial charge in [0, 0.05) is 18.7 Å². The van der Waals surface area contributed by atoms with Gasteiger partial charge in [0.05, 0.1) is 16.4 Å². The van der Waals surface area contributed by atoms with Crippen LogP contribution in [0.5, 0.6) is 5.75 Å². The molecule has 4 nitrogen and oxygen atoms in total. The van der Waals surface area contributed by atoms with Gasteiger partial charge in [-0.3, -0.25) is 4.68 Å². The number of nitrogens with two attached hydrogens (primary N) is 1. The second kappa shape index (κ2) is 6.96. The number of hydrogen-bond acceptors (Lipinski definition) is 3. The molecule has 1 unspecified atom stereocenters. The van der Waals surface area contributed by atoms with Crippen LogP contribution in [0.1, 0.15) is 43.3 Å². The molecule has 0 bridgehead atoms. The fourth-order valence-electron chi connectivity index (χ4n) is 2.26. The number of benzene rings is 1. The van der Waals surface area contributed by atoms with E-state index in [0.717, 1.165) is 35.5 Å². The van der Waals surface area contributed by atoms with E-state index < -0.39 is 0 Å². The summed E-state index contributed by atoms with van der Waals surface area (Å²) in [6.07, 6.45) is 1.68. The van der Waals surface area contributed by atoms with E-state index in [9.17, 15) is 0 Å². The van der Waals surface area contributed by atoms with Gasteiger partial charge in [0.25, 0.3) is 0 Å². The zero-order valence-corrected chi connectivity index (χ0v) is 13.5. The molecule has 0 saturated carbocycles. The lowest BCUT2D eigenvalue weighted by Crippen LogP contribution is -2.11. The third kappa shape index (κ3) is 3.39. The molecule has 0 amide bonds. The molecule has 1 aromatic carbocycles. The van der Waals surface area contributed by atoms with E-state index in [0.29, 0.717) is 11.6 Å². The monoisotopic (exact) mass is 307 g/mol. The van der Waals surface area contributed by atoms with Gasteiger partial charge in [0.2, 0.25) is 0 Å². The zero-order chi connectivity index (χ0) is 15.4. The minimum atomic E-state index is -0.0191. The molecule has 0 saturated heterocycles. The molecule has 2 aromatic rings. The molecule has 21 heavy (non-hydrogen) atoms. The van der Waals surface area contributed by atoms with Crippen molar-refractivity contribution in [2.45, 2.75) is 39.3 Å². The average Bonchev–Trinajstić information content (AvgIpc) is 2.79. The summed E-state index contributed by atoms with van der Waals surface area (Å²) in [6.45, 7) is 4.48. The highest BCUT2D eigenvalue weighted by Crippen LogP contribution is 2.28. The van der Waals surface area contributed by atoms with Crippen LogP contribution in [0.15, 0.2) is 24.3 Å². The highest BCUT2D eigenvalue weighted by molar-refractivity contribution is 6.31. The van der Waals surface area contributed by atoms with Crippen LogP contribution >= 0.6 is 11.6 Å². The van der Waals surface area contributed by atoms with E-state index in [1.54, 1.807) is 4.68 Å². The van der Waals surface area contributed by atoms with Crippen LogP contribution in [0.25, 0.3) is 0 Å². The van der Waals surface area contributed by atoms with Crippen molar-refractivity contribution in [2.24, 2.45) is 12.8 Å². The maximum absolute atomic E-state index is 6.34. The first-order valence-corrected chi connectivity index (χ1v) is 7.63. The van der Waals surface area contributed by atoms with Crippen LogP contribution in [-0.4, -0.2) is 9.78 Å². The summed E-state index contributed by atoms with van der Waals surface area (Å²) in [7, 11) is 1.88. The topological polar surface area (TPSA) is 53.1 Å². The van der Waals surface area contributed by atoms with Crippen LogP contribution < -0.4 is 10.5 Å². The van der Waals surface area contributed by atoms with E-state index in [1.165, 1.54) is 0 Å². The van der Waals surface area contributed by atoms with Crippen LogP contribution in [0.2, 0.25) is 5.02 Å². The van der Waals surface area contributed by atoms with Crippen molar-refractivity contribution < 1.29 is 4.74 Å². The van der Waals surface area contributed by atoms with Crippen molar-refractivity contribution in [2.75, 3.05) is 0 Å².